The second kappa shape index (κ2) is 7.60. The van der Waals surface area contributed by atoms with Gasteiger partial charge in [-0.1, -0.05) is 36.4 Å². The number of carbonyl (C=O) groups is 1. The van der Waals surface area contributed by atoms with E-state index in [4.69, 9.17) is 0 Å². The summed E-state index contributed by atoms with van der Waals surface area (Å²) in [5.41, 5.74) is 4.61. The zero-order valence-electron chi connectivity index (χ0n) is 12.6. The van der Waals surface area contributed by atoms with Crippen LogP contribution in [0.15, 0.2) is 48.5 Å². The van der Waals surface area contributed by atoms with Crippen LogP contribution >= 0.6 is 0 Å². The summed E-state index contributed by atoms with van der Waals surface area (Å²) in [7, 11) is 1.64. The molecule has 0 aliphatic heterocycles. The van der Waals surface area contributed by atoms with E-state index in [9.17, 15) is 4.79 Å². The Morgan fingerprint density at radius 3 is 2.43 bits per heavy atom. The van der Waals surface area contributed by atoms with E-state index >= 15 is 0 Å². The first-order valence-electron chi connectivity index (χ1n) is 7.27. The average molecular weight is 282 g/mol. The Balaban J connectivity index is 1.79. The predicted molar refractivity (Wildman–Crippen MR) is 86.4 cm³/mol. The number of aryl methyl sites for hydroxylation is 1. The van der Waals surface area contributed by atoms with Crippen molar-refractivity contribution in [2.45, 2.75) is 19.9 Å². The summed E-state index contributed by atoms with van der Waals surface area (Å²) in [5, 5.41) is 6.06. The molecule has 2 N–H and O–H groups in total. The van der Waals surface area contributed by atoms with Gasteiger partial charge < -0.3 is 10.6 Å². The lowest BCUT2D eigenvalue weighted by Gasteiger charge is -2.08. The van der Waals surface area contributed by atoms with E-state index in [1.165, 1.54) is 16.7 Å². The average Bonchev–Trinajstić information content (AvgIpc) is 2.53. The number of benzene rings is 2. The summed E-state index contributed by atoms with van der Waals surface area (Å²) < 4.78 is 0. The van der Waals surface area contributed by atoms with E-state index in [-0.39, 0.29) is 5.91 Å². The summed E-state index contributed by atoms with van der Waals surface area (Å²) in [6, 6.07) is 16.2. The van der Waals surface area contributed by atoms with Crippen LogP contribution in [0, 0.1) is 6.92 Å². The van der Waals surface area contributed by atoms with Crippen LogP contribution < -0.4 is 10.6 Å². The summed E-state index contributed by atoms with van der Waals surface area (Å²) in [6.45, 7) is 3.91. The summed E-state index contributed by atoms with van der Waals surface area (Å²) >= 11 is 0. The molecule has 1 amide bonds. The normalized spacial score (nSPS) is 10.4. The van der Waals surface area contributed by atoms with E-state index < -0.39 is 0 Å². The second-order valence-electron chi connectivity index (χ2n) is 5.13. The van der Waals surface area contributed by atoms with Crippen molar-refractivity contribution in [3.63, 3.8) is 0 Å². The van der Waals surface area contributed by atoms with E-state index in [1.807, 2.05) is 24.3 Å². The predicted octanol–water partition coefficient (Wildman–Crippen LogP) is 2.69. The topological polar surface area (TPSA) is 41.1 Å². The molecule has 3 heteroatoms. The van der Waals surface area contributed by atoms with Gasteiger partial charge in [-0.15, -0.1) is 0 Å². The van der Waals surface area contributed by atoms with E-state index in [0.29, 0.717) is 5.56 Å². The third-order valence-corrected chi connectivity index (χ3v) is 3.60. The van der Waals surface area contributed by atoms with Gasteiger partial charge in [0.2, 0.25) is 0 Å². The standard InChI is InChI=1S/C18H22N2O/c1-14-5-3-4-6-16(14)11-12-20-13-15-7-9-17(10-8-15)18(21)19-2/h3-10,20H,11-13H2,1-2H3,(H,19,21). The van der Waals surface area contributed by atoms with Crippen molar-refractivity contribution >= 4 is 5.91 Å². The van der Waals surface area contributed by atoms with Gasteiger partial charge >= 0.3 is 0 Å². The Kier molecular flexibility index (Phi) is 5.52. The van der Waals surface area contributed by atoms with Crippen molar-refractivity contribution < 1.29 is 4.79 Å². The quantitative estimate of drug-likeness (QED) is 0.800. The Hall–Kier alpha value is -2.13. The third kappa shape index (κ3) is 4.43. The van der Waals surface area contributed by atoms with Crippen LogP contribution in [0.25, 0.3) is 0 Å². The first-order chi connectivity index (χ1) is 10.2. The molecular formula is C18H22N2O. The molecule has 2 aromatic carbocycles. The minimum absolute atomic E-state index is 0.0472. The monoisotopic (exact) mass is 282 g/mol. The minimum atomic E-state index is -0.0472. The van der Waals surface area contributed by atoms with Gasteiger partial charge in [0, 0.05) is 19.2 Å². The molecule has 0 bridgehead atoms. The maximum atomic E-state index is 11.4. The molecule has 0 unspecified atom stereocenters. The van der Waals surface area contributed by atoms with Crippen molar-refractivity contribution in [1.29, 1.82) is 0 Å². The molecule has 0 spiro atoms. The largest absolute Gasteiger partial charge is 0.355 e. The van der Waals surface area contributed by atoms with Gasteiger partial charge in [0.15, 0.2) is 0 Å². The zero-order chi connectivity index (χ0) is 15.1. The molecule has 2 aromatic rings. The molecule has 0 radical (unpaired) electrons. The van der Waals surface area contributed by atoms with Crippen molar-refractivity contribution in [1.82, 2.24) is 10.6 Å². The van der Waals surface area contributed by atoms with Gasteiger partial charge in [-0.3, -0.25) is 4.79 Å². The maximum absolute atomic E-state index is 11.4. The molecule has 0 aliphatic carbocycles. The lowest BCUT2D eigenvalue weighted by Crippen LogP contribution is -2.19. The fourth-order valence-electron chi connectivity index (χ4n) is 2.26. The van der Waals surface area contributed by atoms with Gasteiger partial charge in [0.1, 0.15) is 0 Å². The number of rotatable bonds is 6. The molecule has 0 fully saturated rings. The number of hydrogen-bond acceptors (Lipinski definition) is 2. The third-order valence-electron chi connectivity index (χ3n) is 3.60. The SMILES string of the molecule is CNC(=O)c1ccc(CNCCc2ccccc2C)cc1. The van der Waals surface area contributed by atoms with Crippen LogP contribution in [0.1, 0.15) is 27.0 Å². The highest BCUT2D eigenvalue weighted by molar-refractivity contribution is 5.93. The van der Waals surface area contributed by atoms with Crippen LogP contribution in [-0.4, -0.2) is 19.5 Å². The molecule has 0 aliphatic rings. The smallest absolute Gasteiger partial charge is 0.251 e. The van der Waals surface area contributed by atoms with Crippen LogP contribution in [0.4, 0.5) is 0 Å². The van der Waals surface area contributed by atoms with Gasteiger partial charge in [0.05, 0.1) is 0 Å². The van der Waals surface area contributed by atoms with Gasteiger partial charge in [-0.2, -0.15) is 0 Å². The molecule has 0 atom stereocenters. The lowest BCUT2D eigenvalue weighted by atomic mass is 10.1. The minimum Gasteiger partial charge on any atom is -0.355 e. The molecule has 3 nitrogen and oxygen atoms in total. The van der Waals surface area contributed by atoms with Gasteiger partial charge in [-0.05, 0) is 48.7 Å². The van der Waals surface area contributed by atoms with Crippen LogP contribution in [0.3, 0.4) is 0 Å². The first kappa shape index (κ1) is 15.3. The van der Waals surface area contributed by atoms with Gasteiger partial charge in [0.25, 0.3) is 5.91 Å². The zero-order valence-corrected chi connectivity index (χ0v) is 12.6. The van der Waals surface area contributed by atoms with E-state index in [0.717, 1.165) is 19.5 Å². The molecule has 110 valence electrons. The van der Waals surface area contributed by atoms with Gasteiger partial charge in [-0.25, -0.2) is 0 Å². The highest BCUT2D eigenvalue weighted by atomic mass is 16.1. The molecule has 0 aromatic heterocycles. The lowest BCUT2D eigenvalue weighted by molar-refractivity contribution is 0.0963. The number of hydrogen-bond donors (Lipinski definition) is 2. The fourth-order valence-corrected chi connectivity index (χ4v) is 2.26. The molecule has 2 rings (SSSR count). The number of amides is 1. The summed E-state index contributed by atoms with van der Waals surface area (Å²) in [5.74, 6) is -0.0472. The second-order valence-corrected chi connectivity index (χ2v) is 5.13. The molecular weight excluding hydrogens is 260 g/mol. The molecule has 0 saturated carbocycles. The number of nitrogens with one attached hydrogen (secondary N) is 2. The maximum Gasteiger partial charge on any atom is 0.251 e. The Bertz CT molecular complexity index is 590. The van der Waals surface area contributed by atoms with Crippen LogP contribution in [-0.2, 0) is 13.0 Å². The van der Waals surface area contributed by atoms with Crippen molar-refractivity contribution in [3.8, 4) is 0 Å². The first-order valence-corrected chi connectivity index (χ1v) is 7.27. The van der Waals surface area contributed by atoms with E-state index in [1.54, 1.807) is 7.05 Å². The Morgan fingerprint density at radius 2 is 1.76 bits per heavy atom. The highest BCUT2D eigenvalue weighted by Crippen LogP contribution is 2.07. The van der Waals surface area contributed by atoms with Crippen LogP contribution in [0.5, 0.6) is 0 Å². The fraction of sp³-hybridized carbons (Fsp3) is 0.278. The number of carbonyl (C=O) groups excluding carboxylic acids is 1. The van der Waals surface area contributed by atoms with Crippen molar-refractivity contribution in [2.24, 2.45) is 0 Å². The van der Waals surface area contributed by atoms with Crippen LogP contribution in [0.2, 0.25) is 0 Å². The summed E-state index contributed by atoms with van der Waals surface area (Å²) in [6.07, 6.45) is 1.03. The van der Waals surface area contributed by atoms with E-state index in [2.05, 4.69) is 41.8 Å². The molecule has 0 saturated heterocycles. The Labute approximate surface area is 126 Å². The highest BCUT2D eigenvalue weighted by Gasteiger charge is 2.02. The molecule has 0 heterocycles. The Morgan fingerprint density at radius 1 is 1.05 bits per heavy atom. The van der Waals surface area contributed by atoms with Crippen molar-refractivity contribution in [3.05, 3.63) is 70.8 Å². The summed E-state index contributed by atoms with van der Waals surface area (Å²) in [4.78, 5) is 11.4. The molecule has 21 heavy (non-hydrogen) atoms. The van der Waals surface area contributed by atoms with Crippen molar-refractivity contribution in [2.75, 3.05) is 13.6 Å².